The Morgan fingerprint density at radius 3 is 2.86 bits per heavy atom. The first-order valence-electron chi connectivity index (χ1n) is 1.81. The van der Waals surface area contributed by atoms with Gasteiger partial charge in [-0.2, -0.15) is 0 Å². The van der Waals surface area contributed by atoms with Crippen molar-refractivity contribution in [1.29, 1.82) is 0 Å². The molecule has 3 heteroatoms. The summed E-state index contributed by atoms with van der Waals surface area (Å²) in [5.74, 6) is 0. The first kappa shape index (κ1) is 4.05. The van der Waals surface area contributed by atoms with Gasteiger partial charge in [0, 0.05) is 0 Å². The lowest BCUT2D eigenvalue weighted by Gasteiger charge is -1.87. The van der Waals surface area contributed by atoms with Crippen molar-refractivity contribution >= 4 is 12.6 Å². The molecule has 1 rings (SSSR count). The van der Waals surface area contributed by atoms with Gasteiger partial charge in [-0.15, -0.1) is 6.26 Å². The largest absolute Gasteiger partial charge is 0.876 e. The third-order valence-corrected chi connectivity index (χ3v) is 0.601. The molecule has 0 atom stereocenters. The van der Waals surface area contributed by atoms with Crippen molar-refractivity contribution in [3.8, 4) is 0 Å². The average molecular weight is 95.1 g/mol. The highest BCUT2D eigenvalue weighted by molar-refractivity contribution is 5.91. The molecule has 0 amide bonds. The molecule has 0 saturated carbocycles. The molecule has 0 unspecified atom stereocenters. The van der Waals surface area contributed by atoms with Crippen LogP contribution in [-0.4, -0.2) is 12.6 Å². The first-order valence-corrected chi connectivity index (χ1v) is 1.81. The van der Waals surface area contributed by atoms with Gasteiger partial charge < -0.3 is 5.11 Å². The first-order chi connectivity index (χ1) is 3.43. The summed E-state index contributed by atoms with van der Waals surface area (Å²) in [5, 5.41) is 9.77. The summed E-state index contributed by atoms with van der Waals surface area (Å²) in [5.41, 5.74) is 0.389. The lowest BCUT2D eigenvalue weighted by atomic mass is 10.6. The van der Waals surface area contributed by atoms with E-state index in [-0.39, 0.29) is 0 Å². The smallest absolute Gasteiger partial charge is 0.116 e. The van der Waals surface area contributed by atoms with Crippen molar-refractivity contribution in [1.82, 2.24) is 0 Å². The summed E-state index contributed by atoms with van der Waals surface area (Å²) in [6.07, 6.45) is 3.41. The molecule has 0 aromatic rings. The highest BCUT2D eigenvalue weighted by Crippen LogP contribution is 1.92. The van der Waals surface area contributed by atoms with E-state index in [2.05, 4.69) is 9.98 Å². The number of hydrogen-bond donors (Lipinski definition) is 0. The fourth-order valence-corrected chi connectivity index (χ4v) is 0.304. The van der Waals surface area contributed by atoms with Crippen molar-refractivity contribution in [3.63, 3.8) is 0 Å². The Morgan fingerprint density at radius 1 is 1.71 bits per heavy atom. The van der Waals surface area contributed by atoms with Crippen LogP contribution in [0.25, 0.3) is 0 Å². The molecule has 7 heavy (non-hydrogen) atoms. The molecule has 0 fully saturated rings. The monoisotopic (exact) mass is 95.0 g/mol. The summed E-state index contributed by atoms with van der Waals surface area (Å²) >= 11 is 0. The van der Waals surface area contributed by atoms with Crippen molar-refractivity contribution in [2.24, 2.45) is 9.98 Å². The molecule has 0 aromatic heterocycles. The molecule has 0 bridgehead atoms. The van der Waals surface area contributed by atoms with Crippen molar-refractivity contribution in [3.05, 3.63) is 12.0 Å². The zero-order chi connectivity index (χ0) is 5.11. The summed E-state index contributed by atoms with van der Waals surface area (Å²) in [6.45, 7) is 0. The lowest BCUT2D eigenvalue weighted by Crippen LogP contribution is -1.89. The van der Waals surface area contributed by atoms with Gasteiger partial charge in [-0.3, -0.25) is 0 Å². The van der Waals surface area contributed by atoms with Crippen LogP contribution in [0, 0.1) is 0 Å². The van der Waals surface area contributed by atoms with E-state index < -0.39 is 0 Å². The van der Waals surface area contributed by atoms with E-state index in [0.29, 0.717) is 12.0 Å². The highest BCUT2D eigenvalue weighted by atomic mass is 16.2. The standard InChI is InChI=1S/C4H4N2O/c7-2-4-1-5-3-6-4/h1-3,7H/p-1. The SMILES string of the molecule is [O-]C=C1C=NC=N1. The molecule has 0 spiro atoms. The molecule has 0 N–H and O–H groups in total. The van der Waals surface area contributed by atoms with Crippen LogP contribution in [0.4, 0.5) is 0 Å². The van der Waals surface area contributed by atoms with E-state index in [4.69, 9.17) is 0 Å². The van der Waals surface area contributed by atoms with Crippen LogP contribution in [0.3, 0.4) is 0 Å². The Morgan fingerprint density at radius 2 is 2.57 bits per heavy atom. The molecule has 1 aliphatic rings. The van der Waals surface area contributed by atoms with Gasteiger partial charge in [-0.05, 0) is 0 Å². The van der Waals surface area contributed by atoms with Crippen LogP contribution in [0.1, 0.15) is 0 Å². The maximum atomic E-state index is 9.77. The maximum absolute atomic E-state index is 9.77. The number of nitrogens with zero attached hydrogens (tertiary/aromatic N) is 2. The fraction of sp³-hybridized carbons (Fsp3) is 0. The summed E-state index contributed by atoms with van der Waals surface area (Å²) in [6, 6.07) is 0. The van der Waals surface area contributed by atoms with Crippen LogP contribution in [0.5, 0.6) is 0 Å². The van der Waals surface area contributed by atoms with Gasteiger partial charge in [-0.25, -0.2) is 9.98 Å². The minimum atomic E-state index is 0.389. The Hall–Kier alpha value is -1.12. The second-order valence-electron chi connectivity index (χ2n) is 1.07. The van der Waals surface area contributed by atoms with Crippen LogP contribution < -0.4 is 5.11 Å². The van der Waals surface area contributed by atoms with Gasteiger partial charge in [0.1, 0.15) is 6.34 Å². The second kappa shape index (κ2) is 1.55. The molecule has 0 aromatic carbocycles. The van der Waals surface area contributed by atoms with Crippen LogP contribution in [0.15, 0.2) is 21.9 Å². The molecule has 1 heterocycles. The summed E-state index contributed by atoms with van der Waals surface area (Å²) < 4.78 is 0. The van der Waals surface area contributed by atoms with Gasteiger partial charge in [-0.1, -0.05) is 0 Å². The van der Waals surface area contributed by atoms with E-state index in [1.165, 1.54) is 12.6 Å². The summed E-state index contributed by atoms with van der Waals surface area (Å²) in [7, 11) is 0. The van der Waals surface area contributed by atoms with Crippen LogP contribution >= 0.6 is 0 Å². The molecular formula is C4H3N2O-. The molecule has 0 aliphatic carbocycles. The van der Waals surface area contributed by atoms with E-state index in [1.807, 2.05) is 0 Å². The predicted octanol–water partition coefficient (Wildman–Crippen LogP) is -0.699. The molecule has 36 valence electrons. The topological polar surface area (TPSA) is 47.8 Å². The van der Waals surface area contributed by atoms with Gasteiger partial charge in [0.2, 0.25) is 0 Å². The Balaban J connectivity index is 2.79. The van der Waals surface area contributed by atoms with Crippen LogP contribution in [0.2, 0.25) is 0 Å². The minimum Gasteiger partial charge on any atom is -0.876 e. The van der Waals surface area contributed by atoms with Crippen LogP contribution in [-0.2, 0) is 0 Å². The Kier molecular flexibility index (Phi) is 0.898. The van der Waals surface area contributed by atoms with Gasteiger partial charge in [0.15, 0.2) is 0 Å². The van der Waals surface area contributed by atoms with E-state index in [1.54, 1.807) is 0 Å². The van der Waals surface area contributed by atoms with Gasteiger partial charge in [0.25, 0.3) is 0 Å². The van der Waals surface area contributed by atoms with E-state index in [9.17, 15) is 5.11 Å². The zero-order valence-corrected chi connectivity index (χ0v) is 3.53. The van der Waals surface area contributed by atoms with E-state index >= 15 is 0 Å². The molecular weight excluding hydrogens is 92.1 g/mol. The third kappa shape index (κ3) is 0.652. The third-order valence-electron chi connectivity index (χ3n) is 0.601. The summed E-state index contributed by atoms with van der Waals surface area (Å²) in [4.78, 5) is 7.11. The highest BCUT2D eigenvalue weighted by Gasteiger charge is 1.85. The maximum Gasteiger partial charge on any atom is 0.116 e. The normalized spacial score (nSPS) is 22.0. The van der Waals surface area contributed by atoms with Gasteiger partial charge in [0.05, 0.1) is 11.9 Å². The number of hydrogen-bond acceptors (Lipinski definition) is 3. The van der Waals surface area contributed by atoms with E-state index in [0.717, 1.165) is 0 Å². The number of aliphatic imine (C=N–C) groups is 2. The molecule has 0 saturated heterocycles. The van der Waals surface area contributed by atoms with Crippen molar-refractivity contribution < 1.29 is 5.11 Å². The van der Waals surface area contributed by atoms with Crippen molar-refractivity contribution in [2.75, 3.05) is 0 Å². The fourth-order valence-electron chi connectivity index (χ4n) is 0.304. The zero-order valence-electron chi connectivity index (χ0n) is 3.53. The number of allylic oxidation sites excluding steroid dienone is 1. The molecule has 0 radical (unpaired) electrons. The lowest BCUT2D eigenvalue weighted by molar-refractivity contribution is -0.275. The van der Waals surface area contributed by atoms with Crippen molar-refractivity contribution in [2.45, 2.75) is 0 Å². The molecule has 1 aliphatic heterocycles. The quantitative estimate of drug-likeness (QED) is 0.367. The predicted molar refractivity (Wildman–Crippen MR) is 25.1 cm³/mol. The minimum absolute atomic E-state index is 0.389. The Bertz CT molecular complexity index is 132. The Labute approximate surface area is 40.7 Å². The van der Waals surface area contributed by atoms with Gasteiger partial charge >= 0.3 is 0 Å². The average Bonchev–Trinajstić information content (AvgIpc) is 2.14. The second-order valence-corrected chi connectivity index (χ2v) is 1.07. The molecule has 3 nitrogen and oxygen atoms in total. The number of rotatable bonds is 0.